The number of carbonyl (C=O) groups excluding carboxylic acids is 1. The lowest BCUT2D eigenvalue weighted by Crippen LogP contribution is -2.29. The lowest BCUT2D eigenvalue weighted by atomic mass is 10.0. The number of hydrogen-bond acceptors (Lipinski definition) is 6. The minimum atomic E-state index is -0.489. The van der Waals surface area contributed by atoms with Gasteiger partial charge in [0.25, 0.3) is 0 Å². The Morgan fingerprint density at radius 1 is 1.00 bits per heavy atom. The molecule has 0 aliphatic carbocycles. The second kappa shape index (κ2) is 7.98. The van der Waals surface area contributed by atoms with Gasteiger partial charge in [0.1, 0.15) is 0 Å². The summed E-state index contributed by atoms with van der Waals surface area (Å²) in [6, 6.07) is 22.7. The largest absolute Gasteiger partial charge is 0.378 e. The van der Waals surface area contributed by atoms with E-state index in [1.807, 2.05) is 79.7 Å². The normalized spacial score (nSPS) is 20.4. The Morgan fingerprint density at radius 3 is 2.48 bits per heavy atom. The molecular weight excluding hydrogens is 412 g/mol. The van der Waals surface area contributed by atoms with Gasteiger partial charge in [0, 0.05) is 11.4 Å². The molecule has 5 rings (SSSR count). The molecule has 3 aromatic rings. The fraction of sp³-hybridized carbons (Fsp3) is 0.125. The highest BCUT2D eigenvalue weighted by Crippen LogP contribution is 2.34. The van der Waals surface area contributed by atoms with Gasteiger partial charge in [-0.05, 0) is 42.8 Å². The summed E-state index contributed by atoms with van der Waals surface area (Å²) in [5.41, 5.74) is 6.41. The van der Waals surface area contributed by atoms with Crippen LogP contribution in [0.1, 0.15) is 23.6 Å². The summed E-state index contributed by atoms with van der Waals surface area (Å²) in [6.07, 6.45) is 0.396. The van der Waals surface area contributed by atoms with Crippen LogP contribution in [0.25, 0.3) is 0 Å². The zero-order chi connectivity index (χ0) is 21.4. The molecule has 1 fully saturated rings. The highest BCUT2D eigenvalue weighted by molar-refractivity contribution is 6.31. The summed E-state index contributed by atoms with van der Waals surface area (Å²) in [4.78, 5) is 27.7. The quantitative estimate of drug-likeness (QED) is 0.629. The fourth-order valence-corrected chi connectivity index (χ4v) is 3.99. The maximum absolute atomic E-state index is 12.8. The van der Waals surface area contributed by atoms with Crippen molar-refractivity contribution in [3.63, 3.8) is 0 Å². The Hall–Kier alpha value is -3.48. The van der Waals surface area contributed by atoms with Gasteiger partial charge in [-0.15, -0.1) is 0 Å². The van der Waals surface area contributed by atoms with Gasteiger partial charge in [-0.1, -0.05) is 65.2 Å². The van der Waals surface area contributed by atoms with Crippen molar-refractivity contribution in [3.8, 4) is 0 Å². The fourth-order valence-electron chi connectivity index (χ4n) is 3.72. The van der Waals surface area contributed by atoms with Crippen molar-refractivity contribution in [2.45, 2.75) is 19.4 Å². The first-order chi connectivity index (χ1) is 15.1. The Morgan fingerprint density at radius 2 is 1.71 bits per heavy atom. The summed E-state index contributed by atoms with van der Waals surface area (Å²) in [6.45, 7) is 2.01. The van der Waals surface area contributed by atoms with E-state index in [2.05, 4.69) is 5.59 Å². The van der Waals surface area contributed by atoms with Gasteiger partial charge in [-0.3, -0.25) is 4.99 Å². The minimum Gasteiger partial charge on any atom is -0.345 e. The number of nitrogens with zero attached hydrogens (tertiary/aromatic N) is 3. The van der Waals surface area contributed by atoms with Crippen LogP contribution >= 0.6 is 11.6 Å². The van der Waals surface area contributed by atoms with Gasteiger partial charge in [0.2, 0.25) is 0 Å². The first-order valence-electron chi connectivity index (χ1n) is 9.93. The van der Waals surface area contributed by atoms with E-state index in [0.29, 0.717) is 28.2 Å². The Bertz CT molecular complexity index is 1320. The van der Waals surface area contributed by atoms with Crippen LogP contribution in [-0.2, 0) is 9.63 Å². The zero-order valence-corrected chi connectivity index (χ0v) is 17.5. The number of aryl methyl sites for hydroxylation is 1. The number of fused-ring (bicyclic) bond motifs is 1. The van der Waals surface area contributed by atoms with E-state index in [9.17, 15) is 4.79 Å². The van der Waals surface area contributed by atoms with Crippen LogP contribution in [0.3, 0.4) is 0 Å². The van der Waals surface area contributed by atoms with E-state index in [-0.39, 0.29) is 6.04 Å². The second-order valence-electron chi connectivity index (χ2n) is 7.42. The first kappa shape index (κ1) is 19.5. The molecule has 2 aliphatic heterocycles. The number of nitrogens with one attached hydrogen (secondary N) is 1. The van der Waals surface area contributed by atoms with E-state index in [0.717, 1.165) is 22.2 Å². The molecule has 7 heteroatoms. The van der Waals surface area contributed by atoms with Gasteiger partial charge < -0.3 is 4.84 Å². The van der Waals surface area contributed by atoms with Gasteiger partial charge in [0.05, 0.1) is 28.1 Å². The molecule has 0 aromatic heterocycles. The molecule has 3 aromatic carbocycles. The van der Waals surface area contributed by atoms with Crippen molar-refractivity contribution in [1.29, 1.82) is 0 Å². The van der Waals surface area contributed by atoms with E-state index in [1.165, 1.54) is 0 Å². The molecular formula is C24H19ClN4O2. The molecule has 0 radical (unpaired) electrons. The lowest BCUT2D eigenvalue weighted by Gasteiger charge is -2.19. The number of halogens is 1. The molecule has 0 bridgehead atoms. The zero-order valence-electron chi connectivity index (χ0n) is 16.7. The van der Waals surface area contributed by atoms with Crippen LogP contribution < -0.4 is 21.3 Å². The smallest absolute Gasteiger partial charge is 0.345 e. The third-order valence-corrected chi connectivity index (χ3v) is 5.64. The van der Waals surface area contributed by atoms with Gasteiger partial charge >= 0.3 is 5.97 Å². The summed E-state index contributed by atoms with van der Waals surface area (Å²) >= 11 is 6.49. The molecule has 154 valence electrons. The van der Waals surface area contributed by atoms with E-state index >= 15 is 0 Å². The number of hydrogen-bond donors (Lipinski definition) is 1. The molecule has 2 aliphatic rings. The van der Waals surface area contributed by atoms with Crippen LogP contribution in [-0.4, -0.2) is 5.97 Å². The highest BCUT2D eigenvalue weighted by Gasteiger charge is 2.34. The number of anilines is 1. The molecule has 2 heterocycles. The lowest BCUT2D eigenvalue weighted by molar-refractivity contribution is -0.140. The van der Waals surface area contributed by atoms with Gasteiger partial charge in [-0.25, -0.2) is 14.8 Å². The number of carbonyl (C=O) groups is 1. The third kappa shape index (κ3) is 3.71. The number of benzene rings is 3. The standard InChI is InChI=1S/C24H19ClN4O2/c1-15-10-12-16(13-11-15)29-23(24(30)31-28-29)22-14-21(17-6-2-3-7-18(17)25)26-19-8-4-5-9-20(19)27-22/h2-13,21,28H,14H2,1H3/b23-22+. The van der Waals surface area contributed by atoms with Crippen molar-refractivity contribution in [3.05, 3.63) is 111 Å². The average Bonchev–Trinajstić information content (AvgIpc) is 3.05. The van der Waals surface area contributed by atoms with Crippen molar-refractivity contribution < 1.29 is 9.63 Å². The van der Waals surface area contributed by atoms with Crippen molar-refractivity contribution in [2.24, 2.45) is 9.98 Å². The molecule has 0 saturated carbocycles. The maximum Gasteiger partial charge on any atom is 0.378 e. The molecule has 1 N–H and O–H groups in total. The summed E-state index contributed by atoms with van der Waals surface area (Å²) in [5, 5.41) is 3.70. The molecule has 1 unspecified atom stereocenters. The van der Waals surface area contributed by atoms with Gasteiger partial charge in [0.15, 0.2) is 5.70 Å². The third-order valence-electron chi connectivity index (χ3n) is 5.30. The van der Waals surface area contributed by atoms with E-state index < -0.39 is 5.97 Å². The van der Waals surface area contributed by atoms with E-state index in [4.69, 9.17) is 26.4 Å². The predicted molar refractivity (Wildman–Crippen MR) is 117 cm³/mol. The molecule has 0 spiro atoms. The van der Waals surface area contributed by atoms with Gasteiger partial charge in [-0.2, -0.15) is 0 Å². The average molecular weight is 431 g/mol. The first-order valence-corrected chi connectivity index (χ1v) is 10.3. The maximum atomic E-state index is 12.8. The second-order valence-corrected chi connectivity index (χ2v) is 7.83. The van der Waals surface area contributed by atoms with Crippen LogP contribution in [0.4, 0.5) is 5.69 Å². The summed E-state index contributed by atoms with van der Waals surface area (Å²) in [5.74, 6) is -0.489. The molecule has 1 saturated heterocycles. The van der Waals surface area contributed by atoms with Crippen LogP contribution in [0.15, 0.2) is 94.2 Å². The molecule has 1 atom stereocenters. The number of rotatable bonds is 2. The van der Waals surface area contributed by atoms with Crippen LogP contribution in [0.5, 0.6) is 0 Å². The Labute approximate surface area is 184 Å². The van der Waals surface area contributed by atoms with Crippen LogP contribution in [0, 0.1) is 6.92 Å². The SMILES string of the molecule is Cc1ccc(N2NOC(=O)/C2=C2/CC(c3ccccc3Cl)N=c3ccccc3=N2)cc1. The van der Waals surface area contributed by atoms with Crippen LogP contribution in [0.2, 0.25) is 5.02 Å². The summed E-state index contributed by atoms with van der Waals surface area (Å²) < 4.78 is 0. The molecule has 6 nitrogen and oxygen atoms in total. The number of para-hydroxylation sites is 2. The Kier molecular flexibility index (Phi) is 5.02. The summed E-state index contributed by atoms with van der Waals surface area (Å²) in [7, 11) is 0. The number of hydrazine groups is 1. The molecule has 31 heavy (non-hydrogen) atoms. The predicted octanol–water partition coefficient (Wildman–Crippen LogP) is 3.73. The minimum absolute atomic E-state index is 0.295. The monoisotopic (exact) mass is 430 g/mol. The van der Waals surface area contributed by atoms with Crippen molar-refractivity contribution >= 4 is 23.3 Å². The van der Waals surface area contributed by atoms with Crippen molar-refractivity contribution in [2.75, 3.05) is 5.01 Å². The topological polar surface area (TPSA) is 66.3 Å². The highest BCUT2D eigenvalue weighted by atomic mass is 35.5. The molecule has 0 amide bonds. The van der Waals surface area contributed by atoms with Crippen molar-refractivity contribution in [1.82, 2.24) is 5.59 Å². The Balaban J connectivity index is 1.71. The van der Waals surface area contributed by atoms with E-state index in [1.54, 1.807) is 5.01 Å².